The van der Waals surface area contributed by atoms with E-state index in [2.05, 4.69) is 37.6 Å². The van der Waals surface area contributed by atoms with Crippen molar-refractivity contribution >= 4 is 18.6 Å². The van der Waals surface area contributed by atoms with Crippen molar-refractivity contribution in [2.24, 2.45) is 0 Å². The van der Waals surface area contributed by atoms with Crippen LogP contribution in [0.4, 0.5) is 0 Å². The molecule has 0 spiro atoms. The molecule has 24 heavy (non-hydrogen) atoms. The van der Waals surface area contributed by atoms with Gasteiger partial charge in [0.05, 0.1) is 22.3 Å². The summed E-state index contributed by atoms with van der Waals surface area (Å²) in [6.07, 6.45) is 0. The Morgan fingerprint density at radius 1 is 1.00 bits per heavy atom. The zero-order valence-corrected chi connectivity index (χ0v) is 16.3. The number of fused-ring (bicyclic) bond motifs is 1. The number of hydrogen-bond donors (Lipinski definition) is 1. The van der Waals surface area contributed by atoms with E-state index in [1.54, 1.807) is 0 Å². The number of nitrogens with zero attached hydrogens (tertiary/aromatic N) is 1. The Kier molecular flexibility index (Phi) is 3.42. The van der Waals surface area contributed by atoms with E-state index in [0.717, 1.165) is 11.2 Å². The summed E-state index contributed by atoms with van der Waals surface area (Å²) >= 11 is 0. The number of aromatic nitrogens is 1. The first-order valence-electron chi connectivity index (χ1n) is 8.62. The van der Waals surface area contributed by atoms with Gasteiger partial charge in [0.25, 0.3) is 5.91 Å². The zero-order valence-electron chi connectivity index (χ0n) is 16.3. The lowest BCUT2D eigenvalue weighted by Gasteiger charge is -2.48. The predicted molar refractivity (Wildman–Crippen MR) is 95.8 cm³/mol. The van der Waals surface area contributed by atoms with E-state index in [1.807, 2.05) is 40.7 Å². The summed E-state index contributed by atoms with van der Waals surface area (Å²) in [4.78, 5) is 12.7. The summed E-state index contributed by atoms with van der Waals surface area (Å²) < 4.78 is 14.6. The maximum atomic E-state index is 12.7. The van der Waals surface area contributed by atoms with E-state index in [-0.39, 0.29) is 17.0 Å². The molecule has 0 aliphatic carbocycles. The smallest absolute Gasteiger partial charge is 0.398 e. The molecule has 0 radical (unpaired) electrons. The van der Waals surface area contributed by atoms with Gasteiger partial charge in [0.2, 0.25) is 0 Å². The maximum Gasteiger partial charge on any atom is 0.512 e. The van der Waals surface area contributed by atoms with E-state index >= 15 is 0 Å². The molecule has 1 aromatic heterocycles. The highest BCUT2D eigenvalue weighted by atomic mass is 16.7. The van der Waals surface area contributed by atoms with Crippen LogP contribution < -0.4 is 10.9 Å². The van der Waals surface area contributed by atoms with Crippen molar-refractivity contribution in [2.75, 3.05) is 0 Å². The van der Waals surface area contributed by atoms with Crippen molar-refractivity contribution in [2.45, 2.75) is 84.6 Å². The van der Waals surface area contributed by atoms with Crippen LogP contribution in [0, 0.1) is 6.92 Å². The number of carbonyl (C=O) groups is 1. The third kappa shape index (κ3) is 2.12. The Labute approximate surface area is 145 Å². The van der Waals surface area contributed by atoms with Crippen molar-refractivity contribution in [1.29, 1.82) is 0 Å². The minimum Gasteiger partial charge on any atom is -0.398 e. The number of rotatable bonds is 1. The van der Waals surface area contributed by atoms with Gasteiger partial charge in [-0.1, -0.05) is 0 Å². The number of aryl methyl sites for hydroxylation is 1. The summed E-state index contributed by atoms with van der Waals surface area (Å²) in [5.41, 5.74) is 1.03. The third-order valence-corrected chi connectivity index (χ3v) is 6.44. The zero-order chi connectivity index (χ0) is 18.3. The number of carbonyl (C=O) groups excluding carboxylic acids is 1. The van der Waals surface area contributed by atoms with Crippen molar-refractivity contribution in [3.8, 4) is 0 Å². The Morgan fingerprint density at radius 3 is 2.00 bits per heavy atom. The third-order valence-electron chi connectivity index (χ3n) is 6.44. The molecule has 1 amide bonds. The SMILES string of the molecule is Cc1cc(B2OC(C)(C)C(C)(C)O2)n2c1C(=O)NC(C)(C)C2(C)C. The summed E-state index contributed by atoms with van der Waals surface area (Å²) in [6.45, 7) is 18.5. The molecule has 0 saturated carbocycles. The average Bonchev–Trinajstić information content (AvgIpc) is 2.83. The van der Waals surface area contributed by atoms with E-state index < -0.39 is 18.3 Å². The lowest BCUT2D eigenvalue weighted by atomic mass is 9.77. The maximum absolute atomic E-state index is 12.7. The van der Waals surface area contributed by atoms with Gasteiger partial charge in [-0.2, -0.15) is 0 Å². The first-order chi connectivity index (χ1) is 10.7. The minimum atomic E-state index is -0.483. The van der Waals surface area contributed by atoms with Gasteiger partial charge in [-0.3, -0.25) is 4.79 Å². The van der Waals surface area contributed by atoms with Crippen molar-refractivity contribution in [3.05, 3.63) is 17.3 Å². The second kappa shape index (κ2) is 4.67. The molecule has 3 rings (SSSR count). The number of amides is 1. The quantitative estimate of drug-likeness (QED) is 0.803. The first kappa shape index (κ1) is 17.6. The highest BCUT2D eigenvalue weighted by Gasteiger charge is 2.55. The van der Waals surface area contributed by atoms with Gasteiger partial charge < -0.3 is 19.2 Å². The van der Waals surface area contributed by atoms with Crippen LogP contribution in [-0.4, -0.2) is 34.3 Å². The second-order valence-electron chi connectivity index (χ2n) is 9.16. The molecule has 1 saturated heterocycles. The van der Waals surface area contributed by atoms with Crippen molar-refractivity contribution in [3.63, 3.8) is 0 Å². The standard InChI is InChI=1S/C18H29BN2O3/c1-11-10-12(19-23-17(6,7)18(8,9)24-19)21-13(11)14(22)20-15(2,3)16(21,4)5/h10H,1-9H3,(H,20,22). The van der Waals surface area contributed by atoms with Crippen LogP contribution in [0.15, 0.2) is 6.07 Å². The molecule has 0 bridgehead atoms. The minimum absolute atomic E-state index is 0.0420. The van der Waals surface area contributed by atoms with Crippen LogP contribution in [0.2, 0.25) is 0 Å². The van der Waals surface area contributed by atoms with Crippen LogP contribution in [0.1, 0.15) is 71.4 Å². The fraction of sp³-hybridized carbons (Fsp3) is 0.722. The summed E-state index contributed by atoms with van der Waals surface area (Å²) in [5.74, 6) is -0.0420. The van der Waals surface area contributed by atoms with Gasteiger partial charge in [-0.05, 0) is 73.9 Å². The Morgan fingerprint density at radius 2 is 1.50 bits per heavy atom. The highest BCUT2D eigenvalue weighted by Crippen LogP contribution is 2.39. The summed E-state index contributed by atoms with van der Waals surface area (Å²) in [6, 6.07) is 2.03. The van der Waals surface area contributed by atoms with E-state index in [9.17, 15) is 4.79 Å². The van der Waals surface area contributed by atoms with Crippen LogP contribution in [-0.2, 0) is 14.8 Å². The van der Waals surface area contributed by atoms with Crippen molar-refractivity contribution < 1.29 is 14.1 Å². The van der Waals surface area contributed by atoms with Crippen LogP contribution >= 0.6 is 0 Å². The normalized spacial score (nSPS) is 26.2. The topological polar surface area (TPSA) is 52.5 Å². The largest absolute Gasteiger partial charge is 0.512 e. The average molecular weight is 332 g/mol. The molecule has 0 unspecified atom stereocenters. The molecule has 6 heteroatoms. The van der Waals surface area contributed by atoms with Gasteiger partial charge in [0.1, 0.15) is 5.69 Å². The van der Waals surface area contributed by atoms with Gasteiger partial charge in [-0.15, -0.1) is 0 Å². The molecular formula is C18H29BN2O3. The van der Waals surface area contributed by atoms with Crippen LogP contribution in [0.5, 0.6) is 0 Å². The Hall–Kier alpha value is -1.27. The lowest BCUT2D eigenvalue weighted by Crippen LogP contribution is -2.66. The number of hydrogen-bond acceptors (Lipinski definition) is 3. The monoisotopic (exact) mass is 332 g/mol. The second-order valence-corrected chi connectivity index (χ2v) is 9.16. The molecule has 0 aromatic carbocycles. The Bertz CT molecular complexity index is 700. The highest BCUT2D eigenvalue weighted by molar-refractivity contribution is 6.61. The van der Waals surface area contributed by atoms with Crippen molar-refractivity contribution in [1.82, 2.24) is 9.88 Å². The summed E-state index contributed by atoms with van der Waals surface area (Å²) in [5, 5.41) is 3.14. The molecule has 3 heterocycles. The first-order valence-corrected chi connectivity index (χ1v) is 8.62. The Balaban J connectivity index is 2.18. The molecule has 5 nitrogen and oxygen atoms in total. The van der Waals surface area contributed by atoms with E-state index in [4.69, 9.17) is 9.31 Å². The fourth-order valence-corrected chi connectivity index (χ4v) is 3.46. The molecular weight excluding hydrogens is 303 g/mol. The predicted octanol–water partition coefficient (Wildman–Crippen LogP) is 2.35. The molecule has 1 fully saturated rings. The molecule has 1 N–H and O–H groups in total. The van der Waals surface area contributed by atoms with Gasteiger partial charge in [0.15, 0.2) is 0 Å². The van der Waals surface area contributed by atoms with Crippen LogP contribution in [0.3, 0.4) is 0 Å². The van der Waals surface area contributed by atoms with Crippen LogP contribution in [0.25, 0.3) is 0 Å². The van der Waals surface area contributed by atoms with Gasteiger partial charge in [0, 0.05) is 5.59 Å². The fourth-order valence-electron chi connectivity index (χ4n) is 3.46. The lowest BCUT2D eigenvalue weighted by molar-refractivity contribution is 0.00578. The molecule has 0 atom stereocenters. The van der Waals surface area contributed by atoms with E-state index in [0.29, 0.717) is 5.69 Å². The molecule has 132 valence electrons. The van der Waals surface area contributed by atoms with Gasteiger partial charge in [-0.25, -0.2) is 0 Å². The molecule has 2 aliphatic heterocycles. The van der Waals surface area contributed by atoms with E-state index in [1.165, 1.54) is 0 Å². The van der Waals surface area contributed by atoms with Gasteiger partial charge >= 0.3 is 7.12 Å². The number of nitrogens with one attached hydrogen (secondary N) is 1. The molecule has 2 aliphatic rings. The molecule has 1 aromatic rings. The summed E-state index contributed by atoms with van der Waals surface area (Å²) in [7, 11) is -0.483.